The Morgan fingerprint density at radius 2 is 1.96 bits per heavy atom. The predicted octanol–water partition coefficient (Wildman–Crippen LogP) is 2.04. The molecule has 2 amide bonds. The van der Waals surface area contributed by atoms with Gasteiger partial charge in [-0.1, -0.05) is 29.5 Å². The van der Waals surface area contributed by atoms with Crippen LogP contribution in [0, 0.1) is 5.82 Å². The molecule has 0 bridgehead atoms. The lowest BCUT2D eigenvalue weighted by atomic mass is 10.1. The summed E-state index contributed by atoms with van der Waals surface area (Å²) >= 11 is 1.18. The van der Waals surface area contributed by atoms with Crippen LogP contribution in [-0.4, -0.2) is 33.5 Å². The molecule has 2 N–H and O–H groups in total. The van der Waals surface area contributed by atoms with E-state index < -0.39 is 11.7 Å². The molecule has 2 heterocycles. The van der Waals surface area contributed by atoms with Crippen LogP contribution in [0.25, 0.3) is 10.7 Å². The van der Waals surface area contributed by atoms with Crippen LogP contribution in [-0.2, 0) is 16.0 Å². The summed E-state index contributed by atoms with van der Waals surface area (Å²) in [7, 11) is 0. The highest BCUT2D eigenvalue weighted by molar-refractivity contribution is 7.18. The van der Waals surface area contributed by atoms with Gasteiger partial charge < -0.3 is 5.32 Å². The zero-order chi connectivity index (χ0) is 18.4. The van der Waals surface area contributed by atoms with E-state index in [0.717, 1.165) is 0 Å². The van der Waals surface area contributed by atoms with E-state index >= 15 is 0 Å². The number of hydrogen-bond acceptors (Lipinski definition) is 6. The van der Waals surface area contributed by atoms with Crippen molar-refractivity contribution < 1.29 is 14.0 Å². The molecule has 7 nitrogen and oxygen atoms in total. The molecule has 0 aliphatic heterocycles. The molecule has 3 aromatic rings. The molecule has 9 heteroatoms. The fourth-order valence-corrected chi connectivity index (χ4v) is 2.84. The molecule has 0 aliphatic carbocycles. The second-order valence-corrected chi connectivity index (χ2v) is 6.24. The van der Waals surface area contributed by atoms with E-state index in [9.17, 15) is 14.0 Å². The molecule has 132 valence electrons. The van der Waals surface area contributed by atoms with E-state index in [2.05, 4.69) is 25.8 Å². The van der Waals surface area contributed by atoms with E-state index in [1.165, 1.54) is 29.5 Å². The van der Waals surface area contributed by atoms with Gasteiger partial charge in [-0.25, -0.2) is 4.39 Å². The van der Waals surface area contributed by atoms with Gasteiger partial charge >= 0.3 is 0 Å². The standard InChI is InChI=1S/C17H14FN5O2S/c18-12-5-3-4-11(8-12)9-14(24)20-10-15(25)21-17-23-22-16(26-17)13-6-1-2-7-19-13/h1-8H,9-10H2,(H,20,24)(H,21,23,25). The normalized spacial score (nSPS) is 10.3. The summed E-state index contributed by atoms with van der Waals surface area (Å²) in [6.45, 7) is -0.216. The SMILES string of the molecule is O=C(Cc1cccc(F)c1)NCC(=O)Nc1nnc(-c2ccccn2)s1. The maximum absolute atomic E-state index is 13.1. The van der Waals surface area contributed by atoms with Gasteiger partial charge in [0.2, 0.25) is 16.9 Å². The molecule has 0 aliphatic rings. The number of amides is 2. The Bertz CT molecular complexity index is 916. The third-order valence-electron chi connectivity index (χ3n) is 3.26. The summed E-state index contributed by atoms with van der Waals surface area (Å²) in [5.41, 5.74) is 1.20. The van der Waals surface area contributed by atoms with Gasteiger partial charge in [0, 0.05) is 6.20 Å². The van der Waals surface area contributed by atoms with Crippen molar-refractivity contribution in [2.24, 2.45) is 0 Å². The lowest BCUT2D eigenvalue weighted by Gasteiger charge is -2.05. The van der Waals surface area contributed by atoms with Crippen LogP contribution in [0.2, 0.25) is 0 Å². The van der Waals surface area contributed by atoms with Crippen molar-refractivity contribution in [1.82, 2.24) is 20.5 Å². The topological polar surface area (TPSA) is 96.9 Å². The van der Waals surface area contributed by atoms with Gasteiger partial charge in [0.25, 0.3) is 0 Å². The number of nitrogens with one attached hydrogen (secondary N) is 2. The number of nitrogens with zero attached hydrogens (tertiary/aromatic N) is 3. The summed E-state index contributed by atoms with van der Waals surface area (Å²) in [6.07, 6.45) is 1.64. The smallest absolute Gasteiger partial charge is 0.245 e. The first-order valence-corrected chi connectivity index (χ1v) is 8.48. The van der Waals surface area contributed by atoms with Crippen molar-refractivity contribution in [3.63, 3.8) is 0 Å². The number of benzene rings is 1. The van der Waals surface area contributed by atoms with E-state index in [4.69, 9.17) is 0 Å². The maximum atomic E-state index is 13.1. The number of hydrogen-bond donors (Lipinski definition) is 2. The third kappa shape index (κ3) is 4.90. The minimum atomic E-state index is -0.429. The Balaban J connectivity index is 1.48. The number of rotatable bonds is 6. The van der Waals surface area contributed by atoms with Crippen LogP contribution in [0.5, 0.6) is 0 Å². The maximum Gasteiger partial charge on any atom is 0.245 e. The summed E-state index contributed by atoms with van der Waals surface area (Å²) in [6, 6.07) is 11.2. The number of anilines is 1. The van der Waals surface area contributed by atoms with Crippen molar-refractivity contribution in [3.05, 3.63) is 60.0 Å². The molecule has 0 unspecified atom stereocenters. The predicted molar refractivity (Wildman–Crippen MR) is 94.9 cm³/mol. The highest BCUT2D eigenvalue weighted by Crippen LogP contribution is 2.24. The van der Waals surface area contributed by atoms with Crippen LogP contribution >= 0.6 is 11.3 Å². The molecule has 0 spiro atoms. The van der Waals surface area contributed by atoms with Gasteiger partial charge in [-0.05, 0) is 29.8 Å². The van der Waals surface area contributed by atoms with Crippen molar-refractivity contribution in [1.29, 1.82) is 0 Å². The molecule has 0 saturated carbocycles. The fraction of sp³-hybridized carbons (Fsp3) is 0.118. The Morgan fingerprint density at radius 3 is 2.73 bits per heavy atom. The van der Waals surface area contributed by atoms with E-state index in [1.54, 1.807) is 24.4 Å². The van der Waals surface area contributed by atoms with E-state index in [-0.39, 0.29) is 18.9 Å². The molecule has 1 aromatic carbocycles. The average Bonchev–Trinajstić information content (AvgIpc) is 3.09. The summed E-state index contributed by atoms with van der Waals surface area (Å²) in [5, 5.41) is 13.8. The number of carbonyl (C=O) groups is 2. The highest BCUT2D eigenvalue weighted by atomic mass is 32.1. The highest BCUT2D eigenvalue weighted by Gasteiger charge is 2.11. The van der Waals surface area contributed by atoms with Crippen molar-refractivity contribution in [2.75, 3.05) is 11.9 Å². The van der Waals surface area contributed by atoms with Crippen LogP contribution in [0.3, 0.4) is 0 Å². The van der Waals surface area contributed by atoms with Crippen LogP contribution < -0.4 is 10.6 Å². The Kier molecular flexibility index (Phi) is 5.59. The van der Waals surface area contributed by atoms with Crippen LogP contribution in [0.15, 0.2) is 48.7 Å². The molecule has 0 radical (unpaired) electrons. The zero-order valence-electron chi connectivity index (χ0n) is 13.5. The van der Waals surface area contributed by atoms with Crippen molar-refractivity contribution >= 4 is 28.3 Å². The molecule has 0 fully saturated rings. The molecular weight excluding hydrogens is 357 g/mol. The largest absolute Gasteiger partial charge is 0.347 e. The molecule has 0 saturated heterocycles. The first-order valence-electron chi connectivity index (χ1n) is 7.66. The quantitative estimate of drug-likeness (QED) is 0.691. The third-order valence-corrected chi connectivity index (χ3v) is 4.12. The molecule has 26 heavy (non-hydrogen) atoms. The number of carbonyl (C=O) groups excluding carboxylic acids is 2. The second-order valence-electron chi connectivity index (χ2n) is 5.26. The first kappa shape index (κ1) is 17.6. The second kappa shape index (κ2) is 8.26. The van der Waals surface area contributed by atoms with E-state index in [1.807, 2.05) is 6.07 Å². The van der Waals surface area contributed by atoms with Crippen LogP contribution in [0.1, 0.15) is 5.56 Å². The molecule has 0 atom stereocenters. The molecule has 3 rings (SSSR count). The lowest BCUT2D eigenvalue weighted by molar-refractivity contribution is -0.123. The van der Waals surface area contributed by atoms with Gasteiger partial charge in [-0.2, -0.15) is 0 Å². The molecule has 2 aromatic heterocycles. The Hall–Kier alpha value is -3.20. The summed E-state index contributed by atoms with van der Waals surface area (Å²) in [5.74, 6) is -1.22. The minimum absolute atomic E-state index is 0.00628. The Morgan fingerprint density at radius 1 is 1.08 bits per heavy atom. The van der Waals surface area contributed by atoms with Gasteiger partial charge in [-0.3, -0.25) is 19.9 Å². The zero-order valence-corrected chi connectivity index (χ0v) is 14.3. The monoisotopic (exact) mass is 371 g/mol. The number of halogens is 1. The summed E-state index contributed by atoms with van der Waals surface area (Å²) in [4.78, 5) is 27.9. The van der Waals surface area contributed by atoms with Crippen molar-refractivity contribution in [2.45, 2.75) is 6.42 Å². The van der Waals surface area contributed by atoms with Gasteiger partial charge in [0.15, 0.2) is 5.01 Å². The average molecular weight is 371 g/mol. The Labute approximate surface area is 152 Å². The number of pyridine rings is 1. The van der Waals surface area contributed by atoms with Gasteiger partial charge in [0.05, 0.1) is 13.0 Å². The van der Waals surface area contributed by atoms with Crippen molar-refractivity contribution in [3.8, 4) is 10.7 Å². The van der Waals surface area contributed by atoms with Crippen LogP contribution in [0.4, 0.5) is 9.52 Å². The number of aromatic nitrogens is 3. The molecular formula is C17H14FN5O2S. The first-order chi connectivity index (χ1) is 12.6. The van der Waals surface area contributed by atoms with E-state index in [0.29, 0.717) is 21.4 Å². The van der Waals surface area contributed by atoms with Gasteiger partial charge in [-0.15, -0.1) is 10.2 Å². The minimum Gasteiger partial charge on any atom is -0.347 e. The summed E-state index contributed by atoms with van der Waals surface area (Å²) < 4.78 is 13.1. The van der Waals surface area contributed by atoms with Gasteiger partial charge in [0.1, 0.15) is 11.5 Å². The fourth-order valence-electron chi connectivity index (χ4n) is 2.10. The lowest BCUT2D eigenvalue weighted by Crippen LogP contribution is -2.33.